The van der Waals surface area contributed by atoms with Crippen molar-refractivity contribution in [2.75, 3.05) is 11.9 Å². The number of nitro groups is 1. The summed E-state index contributed by atoms with van der Waals surface area (Å²) in [5.74, 6) is -0.707. The Bertz CT molecular complexity index is 783. The topological polar surface area (TPSA) is 99.3 Å². The van der Waals surface area contributed by atoms with Crippen molar-refractivity contribution in [3.63, 3.8) is 0 Å². The number of ether oxygens (including phenoxy) is 1. The Morgan fingerprint density at radius 2 is 2.12 bits per heavy atom. The van der Waals surface area contributed by atoms with Crippen LogP contribution in [0.3, 0.4) is 0 Å². The number of nitrogens with one attached hydrogen (secondary N) is 1. The summed E-state index contributed by atoms with van der Waals surface area (Å²) >= 11 is 0. The second-order valence-electron chi connectivity index (χ2n) is 5.34. The van der Waals surface area contributed by atoms with Gasteiger partial charge >= 0.3 is 5.97 Å². The Morgan fingerprint density at radius 1 is 1.42 bits per heavy atom. The lowest BCUT2D eigenvalue weighted by Gasteiger charge is -2.09. The maximum absolute atomic E-state index is 11.9. The van der Waals surface area contributed by atoms with Crippen LogP contribution in [-0.4, -0.2) is 27.3 Å². The highest BCUT2D eigenvalue weighted by molar-refractivity contribution is 5.95. The molecule has 1 heterocycles. The lowest BCUT2D eigenvalue weighted by molar-refractivity contribution is -0.385. The fourth-order valence-corrected chi connectivity index (χ4v) is 2.44. The van der Waals surface area contributed by atoms with Crippen molar-refractivity contribution >= 4 is 17.3 Å². The molecule has 2 rings (SSSR count). The van der Waals surface area contributed by atoms with Gasteiger partial charge < -0.3 is 10.1 Å². The van der Waals surface area contributed by atoms with Crippen molar-refractivity contribution in [3.05, 3.63) is 50.8 Å². The lowest BCUT2D eigenvalue weighted by atomic mass is 10.1. The molecular weight excluding hydrogens is 312 g/mol. The molecule has 8 nitrogen and oxygen atoms in total. The second kappa shape index (κ2) is 7.12. The molecule has 1 aromatic heterocycles. The van der Waals surface area contributed by atoms with Crippen LogP contribution in [0.5, 0.6) is 0 Å². The van der Waals surface area contributed by atoms with Crippen LogP contribution in [0.1, 0.15) is 34.2 Å². The highest BCUT2D eigenvalue weighted by atomic mass is 16.6. The first-order chi connectivity index (χ1) is 11.3. The van der Waals surface area contributed by atoms with Crippen LogP contribution < -0.4 is 5.32 Å². The lowest BCUT2D eigenvalue weighted by Crippen LogP contribution is -2.09. The molecule has 0 saturated heterocycles. The molecule has 0 aliphatic heterocycles. The van der Waals surface area contributed by atoms with Crippen LogP contribution in [0.25, 0.3) is 0 Å². The van der Waals surface area contributed by atoms with Gasteiger partial charge in [0.1, 0.15) is 5.56 Å². The average Bonchev–Trinajstić information content (AvgIpc) is 2.78. The minimum absolute atomic E-state index is 0.0634. The highest BCUT2D eigenvalue weighted by Gasteiger charge is 2.22. The van der Waals surface area contributed by atoms with Crippen molar-refractivity contribution in [2.24, 2.45) is 7.05 Å². The summed E-state index contributed by atoms with van der Waals surface area (Å²) in [7, 11) is 1.87. The quantitative estimate of drug-likeness (QED) is 0.496. The summed E-state index contributed by atoms with van der Waals surface area (Å²) in [6, 6.07) is 4.32. The average molecular weight is 332 g/mol. The number of aryl methyl sites for hydroxylation is 2. The minimum Gasteiger partial charge on any atom is -0.462 e. The zero-order valence-corrected chi connectivity index (χ0v) is 14.1. The van der Waals surface area contributed by atoms with Gasteiger partial charge in [-0.15, -0.1) is 0 Å². The number of anilines is 1. The maximum atomic E-state index is 11.9. The molecule has 24 heavy (non-hydrogen) atoms. The first-order valence-corrected chi connectivity index (χ1v) is 7.53. The van der Waals surface area contributed by atoms with Gasteiger partial charge in [0.05, 0.1) is 17.2 Å². The van der Waals surface area contributed by atoms with E-state index in [1.165, 1.54) is 12.1 Å². The summed E-state index contributed by atoms with van der Waals surface area (Å²) in [6.45, 7) is 6.20. The molecule has 0 radical (unpaired) electrons. The number of esters is 1. The van der Waals surface area contributed by atoms with Crippen molar-refractivity contribution in [1.82, 2.24) is 9.78 Å². The molecule has 0 atom stereocenters. The fourth-order valence-electron chi connectivity index (χ4n) is 2.44. The highest BCUT2D eigenvalue weighted by Crippen LogP contribution is 2.24. The molecule has 1 aromatic carbocycles. The normalized spacial score (nSPS) is 10.5. The van der Waals surface area contributed by atoms with Gasteiger partial charge in [-0.1, -0.05) is 0 Å². The Hall–Kier alpha value is -2.90. The van der Waals surface area contributed by atoms with E-state index in [4.69, 9.17) is 4.74 Å². The van der Waals surface area contributed by atoms with Gasteiger partial charge in [0.25, 0.3) is 5.69 Å². The van der Waals surface area contributed by atoms with Crippen LogP contribution in [0.15, 0.2) is 18.2 Å². The van der Waals surface area contributed by atoms with Gasteiger partial charge in [0.2, 0.25) is 0 Å². The SMILES string of the molecule is CCOC(=O)c1cc(NCc2c(C)nn(C)c2C)ccc1[N+](=O)[O-]. The van der Waals surface area contributed by atoms with E-state index in [2.05, 4.69) is 10.4 Å². The largest absolute Gasteiger partial charge is 0.462 e. The second-order valence-corrected chi connectivity index (χ2v) is 5.34. The van der Waals surface area contributed by atoms with E-state index in [1.807, 2.05) is 20.9 Å². The van der Waals surface area contributed by atoms with Gasteiger partial charge in [0.15, 0.2) is 0 Å². The third kappa shape index (κ3) is 3.53. The maximum Gasteiger partial charge on any atom is 0.345 e. The van der Waals surface area contributed by atoms with Crippen LogP contribution in [0, 0.1) is 24.0 Å². The van der Waals surface area contributed by atoms with E-state index >= 15 is 0 Å². The van der Waals surface area contributed by atoms with Crippen molar-refractivity contribution in [3.8, 4) is 0 Å². The number of carbonyl (C=O) groups is 1. The first-order valence-electron chi connectivity index (χ1n) is 7.53. The molecule has 128 valence electrons. The number of carbonyl (C=O) groups excluding carboxylic acids is 1. The fraction of sp³-hybridized carbons (Fsp3) is 0.375. The number of aromatic nitrogens is 2. The van der Waals surface area contributed by atoms with E-state index in [0.717, 1.165) is 17.0 Å². The zero-order chi connectivity index (χ0) is 17.9. The van der Waals surface area contributed by atoms with Crippen LogP contribution in [-0.2, 0) is 18.3 Å². The van der Waals surface area contributed by atoms with Crippen molar-refractivity contribution in [2.45, 2.75) is 27.3 Å². The van der Waals surface area contributed by atoms with Gasteiger partial charge in [-0.05, 0) is 32.9 Å². The molecule has 0 unspecified atom stereocenters. The smallest absolute Gasteiger partial charge is 0.345 e. The van der Waals surface area contributed by atoms with Crippen molar-refractivity contribution < 1.29 is 14.5 Å². The van der Waals surface area contributed by atoms with Crippen LogP contribution >= 0.6 is 0 Å². The van der Waals surface area contributed by atoms with Crippen LogP contribution in [0.4, 0.5) is 11.4 Å². The van der Waals surface area contributed by atoms with Gasteiger partial charge in [-0.25, -0.2) is 4.79 Å². The van der Waals surface area contributed by atoms with E-state index in [9.17, 15) is 14.9 Å². The molecule has 0 aliphatic rings. The third-order valence-electron chi connectivity index (χ3n) is 3.82. The summed E-state index contributed by atoms with van der Waals surface area (Å²) < 4.78 is 6.69. The Balaban J connectivity index is 2.26. The molecule has 0 aliphatic carbocycles. The molecule has 0 saturated carbocycles. The summed E-state index contributed by atoms with van der Waals surface area (Å²) in [4.78, 5) is 22.4. The molecule has 0 spiro atoms. The molecule has 0 bridgehead atoms. The molecule has 0 amide bonds. The molecule has 0 fully saturated rings. The number of hydrogen-bond donors (Lipinski definition) is 1. The number of nitro benzene ring substituents is 1. The minimum atomic E-state index is -0.707. The molecule has 1 N–H and O–H groups in total. The Morgan fingerprint density at radius 3 is 2.67 bits per heavy atom. The third-order valence-corrected chi connectivity index (χ3v) is 3.82. The van der Waals surface area contributed by atoms with Gasteiger partial charge in [-0.2, -0.15) is 5.10 Å². The van der Waals surface area contributed by atoms with Gasteiger partial charge in [0, 0.05) is 36.6 Å². The standard InChI is InChI=1S/C16H20N4O4/c1-5-24-16(21)13-8-12(6-7-15(13)20(22)23)17-9-14-10(2)18-19(4)11(14)3/h6-8,17H,5,9H2,1-4H3. The summed E-state index contributed by atoms with van der Waals surface area (Å²) in [6.07, 6.45) is 0. The monoisotopic (exact) mass is 332 g/mol. The molecule has 2 aromatic rings. The van der Waals surface area contributed by atoms with E-state index < -0.39 is 10.9 Å². The van der Waals surface area contributed by atoms with E-state index in [1.54, 1.807) is 17.7 Å². The van der Waals surface area contributed by atoms with E-state index in [0.29, 0.717) is 12.2 Å². The summed E-state index contributed by atoms with van der Waals surface area (Å²) in [5, 5.41) is 18.6. The molecule has 8 heteroatoms. The molecular formula is C16H20N4O4. The Labute approximate surface area is 139 Å². The summed E-state index contributed by atoms with van der Waals surface area (Å²) in [5.41, 5.74) is 3.27. The number of hydrogen-bond acceptors (Lipinski definition) is 6. The predicted molar refractivity (Wildman–Crippen MR) is 89.1 cm³/mol. The number of nitrogens with zero attached hydrogens (tertiary/aromatic N) is 3. The first kappa shape index (κ1) is 17.5. The zero-order valence-electron chi connectivity index (χ0n) is 14.1. The number of benzene rings is 1. The van der Waals surface area contributed by atoms with Gasteiger partial charge in [-0.3, -0.25) is 14.8 Å². The van der Waals surface area contributed by atoms with Crippen LogP contribution in [0.2, 0.25) is 0 Å². The Kier molecular flexibility index (Phi) is 5.18. The predicted octanol–water partition coefficient (Wildman–Crippen LogP) is 2.73. The number of rotatable bonds is 6. The van der Waals surface area contributed by atoms with E-state index in [-0.39, 0.29) is 17.9 Å². The van der Waals surface area contributed by atoms with Crippen molar-refractivity contribution in [1.29, 1.82) is 0 Å².